The van der Waals surface area contributed by atoms with Gasteiger partial charge >= 0.3 is 5.97 Å². The van der Waals surface area contributed by atoms with Gasteiger partial charge in [0.25, 0.3) is 5.91 Å². The number of aliphatic carboxylic acids is 1. The van der Waals surface area contributed by atoms with Crippen LogP contribution in [0.5, 0.6) is 0 Å². The summed E-state index contributed by atoms with van der Waals surface area (Å²) in [6, 6.07) is 0.154. The number of amides is 1. The predicted molar refractivity (Wildman–Crippen MR) is 62.3 cm³/mol. The minimum absolute atomic E-state index is 0.0472. The highest BCUT2D eigenvalue weighted by molar-refractivity contribution is 5.93. The second-order valence-corrected chi connectivity index (χ2v) is 4.52. The van der Waals surface area contributed by atoms with Crippen LogP contribution in [-0.2, 0) is 4.79 Å². The Morgan fingerprint density at radius 1 is 1.44 bits per heavy atom. The Hall–Kier alpha value is -1.85. The van der Waals surface area contributed by atoms with Gasteiger partial charge in [0.15, 0.2) is 5.89 Å². The molecule has 0 bridgehead atoms. The first-order chi connectivity index (χ1) is 8.49. The van der Waals surface area contributed by atoms with E-state index in [1.54, 1.807) is 18.7 Å². The van der Waals surface area contributed by atoms with E-state index in [-0.39, 0.29) is 30.7 Å². The highest BCUT2D eigenvalue weighted by Gasteiger charge is 2.35. The first-order valence-electron chi connectivity index (χ1n) is 5.96. The molecule has 0 atom stereocenters. The second kappa shape index (κ2) is 4.80. The molecule has 1 aliphatic carbocycles. The molecule has 1 amide bonds. The quantitative estimate of drug-likeness (QED) is 0.855. The number of aromatic nitrogens is 1. The molecule has 1 N–H and O–H groups in total. The van der Waals surface area contributed by atoms with Crippen molar-refractivity contribution in [1.29, 1.82) is 0 Å². The lowest BCUT2D eigenvalue weighted by Gasteiger charge is -2.20. The summed E-state index contributed by atoms with van der Waals surface area (Å²) < 4.78 is 5.29. The van der Waals surface area contributed by atoms with Crippen LogP contribution < -0.4 is 0 Å². The van der Waals surface area contributed by atoms with E-state index in [9.17, 15) is 9.59 Å². The van der Waals surface area contributed by atoms with E-state index in [1.807, 2.05) is 0 Å². The van der Waals surface area contributed by atoms with Crippen molar-refractivity contribution in [2.75, 3.05) is 6.54 Å². The maximum Gasteiger partial charge on any atom is 0.305 e. The number of rotatable bonds is 5. The number of oxazole rings is 1. The molecule has 0 radical (unpaired) electrons. The van der Waals surface area contributed by atoms with Crippen molar-refractivity contribution in [3.05, 3.63) is 17.3 Å². The third kappa shape index (κ3) is 2.69. The first kappa shape index (κ1) is 12.6. The minimum Gasteiger partial charge on any atom is -0.481 e. The van der Waals surface area contributed by atoms with Crippen LogP contribution in [0, 0.1) is 13.8 Å². The van der Waals surface area contributed by atoms with Gasteiger partial charge < -0.3 is 14.4 Å². The van der Waals surface area contributed by atoms with E-state index >= 15 is 0 Å². The predicted octanol–water partition coefficient (Wildman–Crippen LogP) is 1.37. The average molecular weight is 252 g/mol. The molecule has 0 aromatic carbocycles. The molecular weight excluding hydrogens is 236 g/mol. The first-order valence-corrected chi connectivity index (χ1v) is 5.96. The fourth-order valence-electron chi connectivity index (χ4n) is 1.91. The Morgan fingerprint density at radius 2 is 2.11 bits per heavy atom. The second-order valence-electron chi connectivity index (χ2n) is 4.52. The highest BCUT2D eigenvalue weighted by Crippen LogP contribution is 2.29. The maximum absolute atomic E-state index is 12.3. The molecule has 1 aromatic rings. The van der Waals surface area contributed by atoms with Crippen molar-refractivity contribution in [3.8, 4) is 0 Å². The van der Waals surface area contributed by atoms with Crippen molar-refractivity contribution in [3.63, 3.8) is 0 Å². The summed E-state index contributed by atoms with van der Waals surface area (Å²) in [5.74, 6) is -0.481. The van der Waals surface area contributed by atoms with E-state index in [4.69, 9.17) is 9.52 Å². The standard InChI is InChI=1S/C12H16N2O4/c1-7-11(18-8(2)13-7)12(17)14(9-3-4-9)6-5-10(15)16/h9H,3-6H2,1-2H3,(H,15,16). The largest absolute Gasteiger partial charge is 0.481 e. The summed E-state index contributed by atoms with van der Waals surface area (Å²) in [6.07, 6.45) is 1.81. The van der Waals surface area contributed by atoms with Crippen molar-refractivity contribution in [1.82, 2.24) is 9.88 Å². The zero-order valence-electron chi connectivity index (χ0n) is 10.5. The molecule has 0 aliphatic heterocycles. The van der Waals surface area contributed by atoms with Crippen LogP contribution in [0.2, 0.25) is 0 Å². The molecule has 2 rings (SSSR count). The molecule has 0 unspecified atom stereocenters. The Kier molecular flexibility index (Phi) is 3.36. The molecule has 1 heterocycles. The molecule has 0 saturated heterocycles. The van der Waals surface area contributed by atoms with Crippen molar-refractivity contribution in [2.24, 2.45) is 0 Å². The lowest BCUT2D eigenvalue weighted by atomic mass is 10.3. The summed E-state index contributed by atoms with van der Waals surface area (Å²) in [4.78, 5) is 28.5. The molecule has 6 nitrogen and oxygen atoms in total. The smallest absolute Gasteiger partial charge is 0.305 e. The van der Waals surface area contributed by atoms with Gasteiger partial charge in [-0.2, -0.15) is 0 Å². The van der Waals surface area contributed by atoms with Gasteiger partial charge in [0.2, 0.25) is 5.76 Å². The molecule has 1 aromatic heterocycles. The summed E-state index contributed by atoms with van der Waals surface area (Å²) in [5.41, 5.74) is 0.554. The Morgan fingerprint density at radius 3 is 2.56 bits per heavy atom. The van der Waals surface area contributed by atoms with E-state index in [0.717, 1.165) is 12.8 Å². The number of carboxylic acid groups (broad SMARTS) is 1. The molecule has 1 aliphatic rings. The fraction of sp³-hybridized carbons (Fsp3) is 0.583. The van der Waals surface area contributed by atoms with Crippen LogP contribution in [0.3, 0.4) is 0 Å². The van der Waals surface area contributed by atoms with Gasteiger partial charge in [-0.1, -0.05) is 0 Å². The minimum atomic E-state index is -0.904. The number of carbonyl (C=O) groups is 2. The Bertz CT molecular complexity index is 476. The van der Waals surface area contributed by atoms with Crippen LogP contribution in [0.15, 0.2) is 4.42 Å². The van der Waals surface area contributed by atoms with Crippen LogP contribution in [0.25, 0.3) is 0 Å². The molecule has 1 saturated carbocycles. The third-order valence-electron chi connectivity index (χ3n) is 2.91. The van der Waals surface area contributed by atoms with Crippen molar-refractivity contribution < 1.29 is 19.1 Å². The van der Waals surface area contributed by atoms with Gasteiger partial charge in [0.1, 0.15) is 0 Å². The van der Waals surface area contributed by atoms with Gasteiger partial charge in [0.05, 0.1) is 12.1 Å². The number of aryl methyl sites for hydroxylation is 2. The molecule has 6 heteroatoms. The number of carbonyl (C=O) groups excluding carboxylic acids is 1. The topological polar surface area (TPSA) is 83.6 Å². The number of nitrogens with zero attached hydrogens (tertiary/aromatic N) is 2. The van der Waals surface area contributed by atoms with Gasteiger partial charge in [-0.15, -0.1) is 0 Å². The highest BCUT2D eigenvalue weighted by atomic mass is 16.4. The van der Waals surface area contributed by atoms with Crippen molar-refractivity contribution in [2.45, 2.75) is 39.2 Å². The Balaban J connectivity index is 2.12. The van der Waals surface area contributed by atoms with Gasteiger partial charge in [-0.3, -0.25) is 9.59 Å². The van der Waals surface area contributed by atoms with Crippen LogP contribution in [0.1, 0.15) is 41.4 Å². The molecular formula is C12H16N2O4. The van der Waals surface area contributed by atoms with E-state index in [1.165, 1.54) is 0 Å². The monoisotopic (exact) mass is 252 g/mol. The third-order valence-corrected chi connectivity index (χ3v) is 2.91. The lowest BCUT2D eigenvalue weighted by Crippen LogP contribution is -2.35. The van der Waals surface area contributed by atoms with E-state index in [2.05, 4.69) is 4.98 Å². The Labute approximate surface area is 105 Å². The average Bonchev–Trinajstić information content (AvgIpc) is 3.04. The van der Waals surface area contributed by atoms with Crippen LogP contribution in [-0.4, -0.2) is 39.5 Å². The van der Waals surface area contributed by atoms with Crippen molar-refractivity contribution >= 4 is 11.9 Å². The van der Waals surface area contributed by atoms with Crippen LogP contribution >= 0.6 is 0 Å². The van der Waals surface area contributed by atoms with Gasteiger partial charge in [0, 0.05) is 19.5 Å². The van der Waals surface area contributed by atoms with Crippen LogP contribution in [0.4, 0.5) is 0 Å². The molecule has 98 valence electrons. The summed E-state index contributed by atoms with van der Waals surface area (Å²) in [5, 5.41) is 8.70. The lowest BCUT2D eigenvalue weighted by molar-refractivity contribution is -0.137. The number of hydrogen-bond donors (Lipinski definition) is 1. The summed E-state index contributed by atoms with van der Waals surface area (Å²) in [7, 11) is 0. The summed E-state index contributed by atoms with van der Waals surface area (Å²) >= 11 is 0. The number of hydrogen-bond acceptors (Lipinski definition) is 4. The molecule has 1 fully saturated rings. The molecule has 0 spiro atoms. The van der Waals surface area contributed by atoms with E-state index < -0.39 is 5.97 Å². The molecule has 18 heavy (non-hydrogen) atoms. The fourth-order valence-corrected chi connectivity index (χ4v) is 1.91. The van der Waals surface area contributed by atoms with Gasteiger partial charge in [-0.05, 0) is 19.8 Å². The zero-order chi connectivity index (χ0) is 13.3. The van der Waals surface area contributed by atoms with E-state index in [0.29, 0.717) is 11.6 Å². The summed E-state index contributed by atoms with van der Waals surface area (Å²) in [6.45, 7) is 3.62. The number of carboxylic acids is 1. The van der Waals surface area contributed by atoms with Gasteiger partial charge in [-0.25, -0.2) is 4.98 Å². The maximum atomic E-state index is 12.3. The SMILES string of the molecule is Cc1nc(C)c(C(=O)N(CCC(=O)O)C2CC2)o1. The zero-order valence-corrected chi connectivity index (χ0v) is 10.5. The normalized spacial score (nSPS) is 14.6.